The number of carbonyl (C=O) groups is 2. The van der Waals surface area contributed by atoms with Crippen molar-refractivity contribution in [2.75, 3.05) is 18.4 Å². The van der Waals surface area contributed by atoms with Gasteiger partial charge in [-0.1, -0.05) is 12.1 Å². The molecule has 0 radical (unpaired) electrons. The first-order valence-corrected chi connectivity index (χ1v) is 8.95. The summed E-state index contributed by atoms with van der Waals surface area (Å²) in [6.45, 7) is 1.72. The Morgan fingerprint density at radius 3 is 2.46 bits per heavy atom. The van der Waals surface area contributed by atoms with Crippen LogP contribution in [-0.4, -0.2) is 34.1 Å². The SMILES string of the molecule is CCOC(=O)c1ccccc1NS(=O)(=O)c1cc(C(=O)OC)ccc1F. The third-order valence-electron chi connectivity index (χ3n) is 3.31. The van der Waals surface area contributed by atoms with Crippen LogP contribution in [-0.2, 0) is 19.5 Å². The van der Waals surface area contributed by atoms with E-state index >= 15 is 0 Å². The Balaban J connectivity index is 2.45. The van der Waals surface area contributed by atoms with E-state index in [-0.39, 0.29) is 23.4 Å². The van der Waals surface area contributed by atoms with Crippen molar-refractivity contribution in [1.29, 1.82) is 0 Å². The molecule has 0 aliphatic rings. The van der Waals surface area contributed by atoms with Crippen molar-refractivity contribution < 1.29 is 31.9 Å². The molecular weight excluding hydrogens is 365 g/mol. The highest BCUT2D eigenvalue weighted by Gasteiger charge is 2.24. The Morgan fingerprint density at radius 2 is 1.81 bits per heavy atom. The fourth-order valence-electron chi connectivity index (χ4n) is 2.11. The van der Waals surface area contributed by atoms with Crippen molar-refractivity contribution in [3.05, 3.63) is 59.4 Å². The molecule has 0 heterocycles. The van der Waals surface area contributed by atoms with E-state index in [0.717, 1.165) is 25.3 Å². The van der Waals surface area contributed by atoms with Crippen molar-refractivity contribution >= 4 is 27.6 Å². The number of sulfonamides is 1. The van der Waals surface area contributed by atoms with E-state index in [0.29, 0.717) is 0 Å². The number of methoxy groups -OCH3 is 1. The molecule has 9 heteroatoms. The molecule has 0 fully saturated rings. The highest BCUT2D eigenvalue weighted by Crippen LogP contribution is 2.23. The normalized spacial score (nSPS) is 10.9. The van der Waals surface area contributed by atoms with Crippen LogP contribution in [0.1, 0.15) is 27.6 Å². The first-order chi connectivity index (χ1) is 12.3. The smallest absolute Gasteiger partial charge is 0.340 e. The number of esters is 2. The molecule has 0 spiro atoms. The number of para-hydroxylation sites is 1. The van der Waals surface area contributed by atoms with E-state index in [2.05, 4.69) is 9.46 Å². The molecule has 0 saturated carbocycles. The minimum Gasteiger partial charge on any atom is -0.465 e. The lowest BCUT2D eigenvalue weighted by Gasteiger charge is -2.13. The lowest BCUT2D eigenvalue weighted by Crippen LogP contribution is -2.18. The van der Waals surface area contributed by atoms with Gasteiger partial charge >= 0.3 is 11.9 Å². The van der Waals surface area contributed by atoms with Crippen molar-refractivity contribution in [1.82, 2.24) is 0 Å². The molecule has 2 aromatic carbocycles. The lowest BCUT2D eigenvalue weighted by molar-refractivity contribution is 0.0526. The molecule has 138 valence electrons. The van der Waals surface area contributed by atoms with Gasteiger partial charge in [0.1, 0.15) is 10.7 Å². The van der Waals surface area contributed by atoms with Gasteiger partial charge in [-0.15, -0.1) is 0 Å². The van der Waals surface area contributed by atoms with Gasteiger partial charge < -0.3 is 9.47 Å². The molecule has 0 saturated heterocycles. The Kier molecular flexibility index (Phi) is 5.93. The van der Waals surface area contributed by atoms with Crippen LogP contribution in [0.5, 0.6) is 0 Å². The molecule has 2 rings (SSSR count). The fourth-order valence-corrected chi connectivity index (χ4v) is 3.30. The highest BCUT2D eigenvalue weighted by molar-refractivity contribution is 7.92. The maximum Gasteiger partial charge on any atom is 0.340 e. The molecule has 0 aliphatic carbocycles. The van der Waals surface area contributed by atoms with Crippen LogP contribution in [0.25, 0.3) is 0 Å². The number of halogens is 1. The second-order valence-electron chi connectivity index (χ2n) is 5.01. The molecule has 1 N–H and O–H groups in total. The lowest BCUT2D eigenvalue weighted by atomic mass is 10.2. The summed E-state index contributed by atoms with van der Waals surface area (Å²) in [4.78, 5) is 22.8. The van der Waals surface area contributed by atoms with Crippen LogP contribution in [0, 0.1) is 5.82 Å². The van der Waals surface area contributed by atoms with Gasteiger partial charge in [-0.3, -0.25) is 4.72 Å². The van der Waals surface area contributed by atoms with Gasteiger partial charge in [0, 0.05) is 0 Å². The monoisotopic (exact) mass is 381 g/mol. The number of hydrogen-bond acceptors (Lipinski definition) is 6. The Morgan fingerprint density at radius 1 is 1.12 bits per heavy atom. The average Bonchev–Trinajstić information content (AvgIpc) is 2.61. The van der Waals surface area contributed by atoms with Crippen LogP contribution in [0.3, 0.4) is 0 Å². The van der Waals surface area contributed by atoms with E-state index in [9.17, 15) is 22.4 Å². The Hall–Kier alpha value is -2.94. The van der Waals surface area contributed by atoms with Gasteiger partial charge in [0.15, 0.2) is 0 Å². The topological polar surface area (TPSA) is 98.8 Å². The van der Waals surface area contributed by atoms with E-state index in [1.165, 1.54) is 24.3 Å². The van der Waals surface area contributed by atoms with E-state index < -0.39 is 32.7 Å². The molecule has 26 heavy (non-hydrogen) atoms. The molecule has 7 nitrogen and oxygen atoms in total. The van der Waals surface area contributed by atoms with Gasteiger partial charge in [0.05, 0.1) is 30.5 Å². The molecule has 2 aromatic rings. The third kappa shape index (κ3) is 4.17. The summed E-state index contributed by atoms with van der Waals surface area (Å²) in [5.74, 6) is -2.60. The predicted octanol–water partition coefficient (Wildman–Crippen LogP) is 2.59. The van der Waals surface area contributed by atoms with Crippen LogP contribution in [0.15, 0.2) is 47.4 Å². The summed E-state index contributed by atoms with van der Waals surface area (Å²) >= 11 is 0. The van der Waals surface area contributed by atoms with Crippen molar-refractivity contribution in [3.8, 4) is 0 Å². The fraction of sp³-hybridized carbons (Fsp3) is 0.176. The number of nitrogens with one attached hydrogen (secondary N) is 1. The zero-order chi connectivity index (χ0) is 19.3. The average molecular weight is 381 g/mol. The number of carbonyl (C=O) groups excluding carboxylic acids is 2. The van der Waals surface area contributed by atoms with Gasteiger partial charge in [-0.2, -0.15) is 0 Å². The Bertz CT molecular complexity index is 942. The van der Waals surface area contributed by atoms with Gasteiger partial charge in [0.2, 0.25) is 0 Å². The number of ether oxygens (including phenoxy) is 2. The van der Waals surface area contributed by atoms with E-state index in [1.54, 1.807) is 6.92 Å². The summed E-state index contributed by atoms with van der Waals surface area (Å²) in [6.07, 6.45) is 0. The zero-order valence-corrected chi connectivity index (χ0v) is 14.8. The van der Waals surface area contributed by atoms with Gasteiger partial charge in [-0.25, -0.2) is 22.4 Å². The second kappa shape index (κ2) is 7.96. The molecule has 0 atom stereocenters. The summed E-state index contributed by atoms with van der Waals surface area (Å²) in [5, 5.41) is 0. The molecule has 0 unspecified atom stereocenters. The van der Waals surface area contributed by atoms with Crippen LogP contribution < -0.4 is 4.72 Å². The molecule has 0 bridgehead atoms. The quantitative estimate of drug-likeness (QED) is 0.772. The number of anilines is 1. The van der Waals surface area contributed by atoms with Crippen LogP contribution in [0.4, 0.5) is 10.1 Å². The van der Waals surface area contributed by atoms with Gasteiger partial charge in [-0.05, 0) is 37.3 Å². The number of hydrogen-bond donors (Lipinski definition) is 1. The molecule has 0 amide bonds. The van der Waals surface area contributed by atoms with Crippen LogP contribution >= 0.6 is 0 Å². The molecular formula is C17H16FNO6S. The minimum absolute atomic E-state index is 0.0255. The molecule has 0 aromatic heterocycles. The highest BCUT2D eigenvalue weighted by atomic mass is 32.2. The number of benzene rings is 2. The number of rotatable bonds is 6. The maximum atomic E-state index is 14.1. The first kappa shape index (κ1) is 19.4. The van der Waals surface area contributed by atoms with Gasteiger partial charge in [0.25, 0.3) is 10.0 Å². The summed E-state index contributed by atoms with van der Waals surface area (Å²) in [7, 11) is -3.30. The first-order valence-electron chi connectivity index (χ1n) is 7.47. The largest absolute Gasteiger partial charge is 0.465 e. The standard InChI is InChI=1S/C17H16FNO6S/c1-3-25-17(21)12-6-4-5-7-14(12)19-26(22,23)15-10-11(16(20)24-2)8-9-13(15)18/h4-10,19H,3H2,1-2H3. The summed E-state index contributed by atoms with van der Waals surface area (Å²) in [5.41, 5.74) is -0.232. The van der Waals surface area contributed by atoms with E-state index in [4.69, 9.17) is 4.74 Å². The van der Waals surface area contributed by atoms with Crippen molar-refractivity contribution in [2.45, 2.75) is 11.8 Å². The Labute approximate surface area is 149 Å². The maximum absolute atomic E-state index is 14.1. The van der Waals surface area contributed by atoms with E-state index in [1.807, 2.05) is 0 Å². The minimum atomic E-state index is -4.42. The van der Waals surface area contributed by atoms with Crippen LogP contribution in [0.2, 0.25) is 0 Å². The zero-order valence-electron chi connectivity index (χ0n) is 14.0. The second-order valence-corrected chi connectivity index (χ2v) is 6.66. The summed E-state index contributed by atoms with van der Waals surface area (Å²) < 4.78 is 50.7. The predicted molar refractivity (Wildman–Crippen MR) is 90.9 cm³/mol. The van der Waals surface area contributed by atoms with Crippen molar-refractivity contribution in [2.24, 2.45) is 0 Å². The third-order valence-corrected chi connectivity index (χ3v) is 4.69. The summed E-state index contributed by atoms with van der Waals surface area (Å²) in [6, 6.07) is 8.55. The van der Waals surface area contributed by atoms with Crippen molar-refractivity contribution in [3.63, 3.8) is 0 Å². The molecule has 0 aliphatic heterocycles.